The average molecular weight is 1120 g/mol. The number of hydrogen-bond donors (Lipinski definition) is 3. The predicted octanol–water partition coefficient (Wildman–Crippen LogP) is 9.16. The molecule has 9 heterocycles. The summed E-state index contributed by atoms with van der Waals surface area (Å²) in [6.45, 7) is 16.0. The van der Waals surface area contributed by atoms with Gasteiger partial charge < -0.3 is 29.5 Å². The van der Waals surface area contributed by atoms with Gasteiger partial charge in [0.15, 0.2) is 0 Å². The Morgan fingerprint density at radius 2 is 1.07 bits per heavy atom. The van der Waals surface area contributed by atoms with Gasteiger partial charge in [0.25, 0.3) is 17.7 Å². The summed E-state index contributed by atoms with van der Waals surface area (Å²) in [6, 6.07) is 15.2. The summed E-state index contributed by atoms with van der Waals surface area (Å²) in [7, 11) is 1.75. The lowest BCUT2D eigenvalue weighted by Gasteiger charge is -2.22. The van der Waals surface area contributed by atoms with Gasteiger partial charge in [0, 0.05) is 107 Å². The zero-order valence-electron chi connectivity index (χ0n) is 47.9. The molecule has 24 heteroatoms. The first kappa shape index (κ1) is 54.5. The van der Waals surface area contributed by atoms with Gasteiger partial charge in [-0.25, -0.2) is 0 Å². The molecule has 0 spiro atoms. The Kier molecular flexibility index (Phi) is 14.2. The molecule has 3 fully saturated rings. The molecule has 2 unspecified atom stereocenters. The Labute approximate surface area is 478 Å². The van der Waals surface area contributed by atoms with Crippen LogP contribution in [0.25, 0.3) is 34.2 Å². The first-order valence-corrected chi connectivity index (χ1v) is 28.3. The highest BCUT2D eigenvalue weighted by molar-refractivity contribution is 5.94. The van der Waals surface area contributed by atoms with Crippen molar-refractivity contribution in [3.8, 4) is 34.2 Å². The molecule has 9 aromatic heterocycles. The standard InChI is InChI=1S/C59H66N18O6/c1-31(64-52(78)45-17-22-62-76(45)24-10-19-59(7,8)48-30-47(75(9)71-48)54(80)66-33(3)56-68-49(72-82-56)36-15-20-60-41(25-36)34-11-12-34)57-70-51(74-83-57)38-27-42(35-13-14-35)67-44(28-38)40-29-39(40)43-26-37(16-21-61-43)50-69-55(81-73-50)32(2)65-53(79)46-18-23-63-77(46)58(4,5)6/h15-18,20-23,25-28,30-35,39-40H,10-14,19,24,29H2,1-9H3,(H,64,78)(H,65,79)(H,66,80)/t31-,32-,33-,39?,40?/m0/s1. The number of aryl methyl sites for hydroxylation is 2. The summed E-state index contributed by atoms with van der Waals surface area (Å²) in [5.41, 5.74) is 7.40. The molecule has 428 valence electrons. The van der Waals surface area contributed by atoms with E-state index in [1.54, 1.807) is 78.8 Å². The van der Waals surface area contributed by atoms with Gasteiger partial charge in [-0.2, -0.15) is 30.2 Å². The van der Waals surface area contributed by atoms with Crippen LogP contribution in [-0.4, -0.2) is 92.4 Å². The van der Waals surface area contributed by atoms with E-state index >= 15 is 0 Å². The van der Waals surface area contributed by atoms with Crippen molar-refractivity contribution in [2.24, 2.45) is 7.05 Å². The number of carbonyl (C=O) groups is 3. The zero-order chi connectivity index (χ0) is 57.9. The molecule has 24 nitrogen and oxygen atoms in total. The first-order valence-electron chi connectivity index (χ1n) is 28.3. The quantitative estimate of drug-likeness (QED) is 0.0604. The van der Waals surface area contributed by atoms with Gasteiger partial charge in [0.05, 0.1) is 11.2 Å². The van der Waals surface area contributed by atoms with Crippen molar-refractivity contribution in [3.63, 3.8) is 0 Å². The minimum atomic E-state index is -0.613. The third-order valence-electron chi connectivity index (χ3n) is 15.7. The van der Waals surface area contributed by atoms with Crippen molar-refractivity contribution in [1.29, 1.82) is 0 Å². The fraction of sp³-hybridized carbons (Fsp3) is 0.441. The van der Waals surface area contributed by atoms with Crippen molar-refractivity contribution in [2.45, 2.75) is 160 Å². The van der Waals surface area contributed by atoms with Crippen LogP contribution in [0.2, 0.25) is 0 Å². The highest BCUT2D eigenvalue weighted by Gasteiger charge is 2.43. The summed E-state index contributed by atoms with van der Waals surface area (Å²) >= 11 is 0. The molecular weight excluding hydrogens is 1060 g/mol. The third-order valence-corrected chi connectivity index (χ3v) is 15.7. The van der Waals surface area contributed by atoms with E-state index in [2.05, 4.69) is 70.4 Å². The molecule has 3 amide bonds. The Morgan fingerprint density at radius 3 is 1.67 bits per heavy atom. The van der Waals surface area contributed by atoms with E-state index in [9.17, 15) is 14.4 Å². The average Bonchev–Trinajstić information content (AvgIpc) is 4.26. The summed E-state index contributed by atoms with van der Waals surface area (Å²) in [5.74, 6) is 2.22. The van der Waals surface area contributed by atoms with Crippen LogP contribution in [0.1, 0.15) is 220 Å². The fourth-order valence-electron chi connectivity index (χ4n) is 10.4. The molecule has 5 atom stereocenters. The second-order valence-electron chi connectivity index (χ2n) is 23.9. The number of pyridine rings is 3. The molecule has 0 bridgehead atoms. The topological polar surface area (TPSA) is 296 Å². The van der Waals surface area contributed by atoms with E-state index < -0.39 is 23.5 Å². The minimum absolute atomic E-state index is 0.112. The number of amides is 3. The van der Waals surface area contributed by atoms with E-state index in [-0.39, 0.29) is 46.9 Å². The molecule has 3 aliphatic rings. The monoisotopic (exact) mass is 1120 g/mol. The number of nitrogens with zero attached hydrogens (tertiary/aromatic N) is 15. The van der Waals surface area contributed by atoms with Crippen molar-refractivity contribution in [1.82, 2.24) is 90.7 Å². The lowest BCUT2D eigenvalue weighted by atomic mass is 9.84. The Bertz CT molecular complexity index is 3870. The molecule has 0 saturated heterocycles. The molecule has 0 aliphatic heterocycles. The molecule has 3 N–H and O–H groups in total. The summed E-state index contributed by atoms with van der Waals surface area (Å²) in [5, 5.41) is 35.3. The van der Waals surface area contributed by atoms with Crippen LogP contribution >= 0.6 is 0 Å². The molecule has 9 aromatic rings. The van der Waals surface area contributed by atoms with Crippen molar-refractivity contribution < 1.29 is 28.0 Å². The maximum absolute atomic E-state index is 13.8. The van der Waals surface area contributed by atoms with Crippen molar-refractivity contribution >= 4 is 17.7 Å². The molecule has 3 saturated carbocycles. The molecule has 83 heavy (non-hydrogen) atoms. The van der Waals surface area contributed by atoms with Gasteiger partial charge in [-0.3, -0.25) is 43.4 Å². The number of nitrogens with one attached hydrogen (secondary N) is 3. The summed E-state index contributed by atoms with van der Waals surface area (Å²) < 4.78 is 22.0. The van der Waals surface area contributed by atoms with Crippen LogP contribution in [0.3, 0.4) is 0 Å². The molecule has 0 radical (unpaired) electrons. The Balaban J connectivity index is 0.643. The predicted molar refractivity (Wildman–Crippen MR) is 299 cm³/mol. The first-order chi connectivity index (χ1) is 39.8. The van der Waals surface area contributed by atoms with Gasteiger partial charge in [0.1, 0.15) is 35.2 Å². The lowest BCUT2D eigenvalue weighted by Crippen LogP contribution is -2.33. The summed E-state index contributed by atoms with van der Waals surface area (Å²) in [6.07, 6.45) is 13.3. The van der Waals surface area contributed by atoms with E-state index in [1.165, 1.54) is 0 Å². The highest BCUT2D eigenvalue weighted by Crippen LogP contribution is 2.55. The number of aromatic nitrogens is 15. The number of rotatable bonds is 21. The molecule has 0 aromatic carbocycles. The minimum Gasteiger partial charge on any atom is -0.339 e. The molecule has 12 rings (SSSR count). The van der Waals surface area contributed by atoms with Crippen LogP contribution in [-0.2, 0) is 24.5 Å². The Hall–Kier alpha value is -9.09. The third kappa shape index (κ3) is 11.7. The van der Waals surface area contributed by atoms with Crippen molar-refractivity contribution in [2.75, 3.05) is 0 Å². The maximum atomic E-state index is 13.8. The second-order valence-corrected chi connectivity index (χ2v) is 23.9. The lowest BCUT2D eigenvalue weighted by molar-refractivity contribution is 0.0908. The van der Waals surface area contributed by atoms with E-state index in [4.69, 9.17) is 33.6 Å². The van der Waals surface area contributed by atoms with E-state index in [0.717, 1.165) is 77.3 Å². The van der Waals surface area contributed by atoms with Crippen LogP contribution < -0.4 is 16.0 Å². The normalized spacial score (nSPS) is 17.3. The maximum Gasteiger partial charge on any atom is 0.270 e. The second kappa shape index (κ2) is 21.7. The van der Waals surface area contributed by atoms with Gasteiger partial charge in [-0.05, 0) is 141 Å². The van der Waals surface area contributed by atoms with E-state index in [1.807, 2.05) is 63.2 Å². The van der Waals surface area contributed by atoms with Gasteiger partial charge in [-0.1, -0.05) is 29.3 Å². The van der Waals surface area contributed by atoms with Gasteiger partial charge in [-0.15, -0.1) is 0 Å². The molecule has 3 aliphatic carbocycles. The van der Waals surface area contributed by atoms with Crippen LogP contribution in [0.15, 0.2) is 93.0 Å². The highest BCUT2D eigenvalue weighted by atomic mass is 16.5. The van der Waals surface area contributed by atoms with Gasteiger partial charge in [0.2, 0.25) is 35.1 Å². The molecular formula is C59H66N18O6. The smallest absolute Gasteiger partial charge is 0.270 e. The van der Waals surface area contributed by atoms with Gasteiger partial charge >= 0.3 is 0 Å². The fourth-order valence-corrected chi connectivity index (χ4v) is 10.4. The zero-order valence-corrected chi connectivity index (χ0v) is 47.9. The summed E-state index contributed by atoms with van der Waals surface area (Å²) in [4.78, 5) is 69.0. The largest absolute Gasteiger partial charge is 0.339 e. The van der Waals surface area contributed by atoms with Crippen LogP contribution in [0, 0.1) is 0 Å². The SMILES string of the molecule is C[C@H](NC(=O)c1cc(C(C)(C)CCCn2nccc2C(=O)N[C@@H](C)c2nc(-c3cc(C4CC4)nc(C4CC4c4cc(-c5noc([C@H](C)NC(=O)c6ccnn6C(C)(C)C)n5)ccn4)c3)no2)nn1C)c1nc(-c2ccnc(C3CC3)c2)no1. The van der Waals surface area contributed by atoms with Crippen molar-refractivity contribution in [3.05, 3.63) is 143 Å². The van der Waals surface area contributed by atoms with E-state index in [0.29, 0.717) is 71.7 Å². The Morgan fingerprint density at radius 1 is 0.578 bits per heavy atom. The number of carbonyl (C=O) groups excluding carboxylic acids is 3. The number of hydrogen-bond acceptors (Lipinski definition) is 18. The van der Waals surface area contributed by atoms with Crippen LogP contribution in [0.4, 0.5) is 0 Å². The van der Waals surface area contributed by atoms with Crippen LogP contribution in [0.5, 0.6) is 0 Å².